The van der Waals surface area contributed by atoms with E-state index in [0.29, 0.717) is 6.10 Å². The normalized spacial score (nSPS) is 17.7. The molecule has 1 aliphatic heterocycles. The molecule has 0 atom stereocenters. The van der Waals surface area contributed by atoms with Crippen molar-refractivity contribution in [1.29, 1.82) is 0 Å². The van der Waals surface area contributed by atoms with E-state index in [0.717, 1.165) is 50.4 Å². The van der Waals surface area contributed by atoms with E-state index in [2.05, 4.69) is 28.0 Å². The molecule has 3 rings (SSSR count). The van der Waals surface area contributed by atoms with Gasteiger partial charge >= 0.3 is 0 Å². The molecule has 1 fully saturated rings. The molecule has 2 aromatic rings. The van der Waals surface area contributed by atoms with Gasteiger partial charge in [0, 0.05) is 44.9 Å². The fourth-order valence-electron chi connectivity index (χ4n) is 3.17. The molecule has 0 bridgehead atoms. The van der Waals surface area contributed by atoms with Crippen molar-refractivity contribution in [2.75, 3.05) is 19.7 Å². The summed E-state index contributed by atoms with van der Waals surface area (Å²) in [7, 11) is 1.94. The highest BCUT2D eigenvalue weighted by molar-refractivity contribution is 5.78. The number of ether oxygens (including phenoxy) is 1. The summed E-state index contributed by atoms with van der Waals surface area (Å²) in [5.74, 6) is 0. The molecule has 0 aromatic carbocycles. The number of fused-ring (bicyclic) bond motifs is 1. The van der Waals surface area contributed by atoms with Crippen LogP contribution in [0.4, 0.5) is 0 Å². The smallest absolute Gasteiger partial charge is 0.157 e. The molecule has 0 amide bonds. The lowest BCUT2D eigenvalue weighted by molar-refractivity contribution is 0.0125. The molecule has 1 aliphatic rings. The van der Waals surface area contributed by atoms with Gasteiger partial charge in [-0.1, -0.05) is 0 Å². The van der Waals surface area contributed by atoms with Crippen LogP contribution < -0.4 is 0 Å². The van der Waals surface area contributed by atoms with Gasteiger partial charge in [0.05, 0.1) is 11.8 Å². The highest BCUT2D eigenvalue weighted by atomic mass is 16.5. The van der Waals surface area contributed by atoms with Crippen molar-refractivity contribution in [3.63, 3.8) is 0 Å². The van der Waals surface area contributed by atoms with Gasteiger partial charge in [-0.25, -0.2) is 4.98 Å². The fourth-order valence-corrected chi connectivity index (χ4v) is 3.17. The lowest BCUT2D eigenvalue weighted by Gasteiger charge is -2.31. The second kappa shape index (κ2) is 6.12. The number of aryl methyl sites for hydroxylation is 2. The molecule has 2 aromatic heterocycles. The second-order valence-corrected chi connectivity index (χ2v) is 5.85. The standard InChI is InChI=1S/C16H24N4O/c1-4-21-14-5-7-20(8-6-14)11-13-9-15-12(2)18-19(3)16(15)17-10-13/h9-10,14H,4-8,11H2,1-3H3. The molecule has 21 heavy (non-hydrogen) atoms. The zero-order valence-corrected chi connectivity index (χ0v) is 13.2. The summed E-state index contributed by atoms with van der Waals surface area (Å²) in [5, 5.41) is 5.60. The molecule has 5 nitrogen and oxygen atoms in total. The summed E-state index contributed by atoms with van der Waals surface area (Å²) in [4.78, 5) is 7.05. The topological polar surface area (TPSA) is 43.2 Å². The SMILES string of the molecule is CCOC1CCN(Cc2cnc3c(c2)c(C)nn3C)CC1. The van der Waals surface area contributed by atoms with E-state index < -0.39 is 0 Å². The van der Waals surface area contributed by atoms with E-state index in [9.17, 15) is 0 Å². The van der Waals surface area contributed by atoms with Crippen molar-refractivity contribution in [3.8, 4) is 0 Å². The Morgan fingerprint density at radius 2 is 2.10 bits per heavy atom. The Balaban J connectivity index is 1.67. The Labute approximate surface area is 125 Å². The average Bonchev–Trinajstić information content (AvgIpc) is 2.76. The number of aromatic nitrogens is 3. The van der Waals surface area contributed by atoms with E-state index in [-0.39, 0.29) is 0 Å². The zero-order valence-electron chi connectivity index (χ0n) is 13.2. The van der Waals surface area contributed by atoms with E-state index in [4.69, 9.17) is 4.74 Å². The zero-order chi connectivity index (χ0) is 14.8. The van der Waals surface area contributed by atoms with Crippen LogP contribution in [0.25, 0.3) is 11.0 Å². The second-order valence-electron chi connectivity index (χ2n) is 5.85. The first kappa shape index (κ1) is 14.5. The number of rotatable bonds is 4. The van der Waals surface area contributed by atoms with Crippen LogP contribution in [0, 0.1) is 6.92 Å². The van der Waals surface area contributed by atoms with E-state index in [1.165, 1.54) is 10.9 Å². The Hall–Kier alpha value is -1.46. The molecule has 0 unspecified atom stereocenters. The molecule has 0 radical (unpaired) electrons. The maximum Gasteiger partial charge on any atom is 0.157 e. The van der Waals surface area contributed by atoms with Crippen molar-refractivity contribution >= 4 is 11.0 Å². The number of piperidine rings is 1. The summed E-state index contributed by atoms with van der Waals surface area (Å²) < 4.78 is 7.56. The van der Waals surface area contributed by atoms with Crippen LogP contribution in [-0.2, 0) is 18.3 Å². The Bertz CT molecular complexity index is 614. The van der Waals surface area contributed by atoms with Crippen LogP contribution in [-0.4, -0.2) is 45.5 Å². The quantitative estimate of drug-likeness (QED) is 0.865. The minimum Gasteiger partial charge on any atom is -0.378 e. The minimum absolute atomic E-state index is 0.451. The molecular formula is C16H24N4O. The van der Waals surface area contributed by atoms with Crippen molar-refractivity contribution < 1.29 is 4.74 Å². The van der Waals surface area contributed by atoms with Crippen LogP contribution in [0.2, 0.25) is 0 Å². The lowest BCUT2D eigenvalue weighted by atomic mass is 10.1. The van der Waals surface area contributed by atoms with Gasteiger partial charge in [-0.3, -0.25) is 9.58 Å². The van der Waals surface area contributed by atoms with Gasteiger partial charge in [-0.15, -0.1) is 0 Å². The van der Waals surface area contributed by atoms with Gasteiger partial charge in [-0.05, 0) is 38.3 Å². The molecule has 0 spiro atoms. The highest BCUT2D eigenvalue weighted by Crippen LogP contribution is 2.20. The molecule has 0 N–H and O–H groups in total. The van der Waals surface area contributed by atoms with E-state index in [1.807, 2.05) is 24.9 Å². The average molecular weight is 288 g/mol. The van der Waals surface area contributed by atoms with Crippen molar-refractivity contribution in [2.45, 2.75) is 39.3 Å². The minimum atomic E-state index is 0.451. The number of hydrogen-bond acceptors (Lipinski definition) is 4. The third-order valence-corrected chi connectivity index (χ3v) is 4.26. The molecule has 1 saturated heterocycles. The van der Waals surface area contributed by atoms with E-state index in [1.54, 1.807) is 0 Å². The highest BCUT2D eigenvalue weighted by Gasteiger charge is 2.19. The number of hydrogen-bond donors (Lipinski definition) is 0. The molecule has 114 valence electrons. The maximum atomic E-state index is 5.71. The summed E-state index contributed by atoms with van der Waals surface area (Å²) in [6.07, 6.45) is 4.70. The van der Waals surface area contributed by atoms with Crippen molar-refractivity contribution in [1.82, 2.24) is 19.7 Å². The predicted octanol–water partition coefficient (Wildman–Crippen LogP) is 2.28. The Morgan fingerprint density at radius 3 is 2.81 bits per heavy atom. The number of pyridine rings is 1. The molecule has 0 aliphatic carbocycles. The van der Waals surface area contributed by atoms with Gasteiger partial charge < -0.3 is 4.74 Å². The monoisotopic (exact) mass is 288 g/mol. The first-order valence-electron chi connectivity index (χ1n) is 7.79. The van der Waals surface area contributed by atoms with Gasteiger partial charge in [-0.2, -0.15) is 5.10 Å². The van der Waals surface area contributed by atoms with Crippen LogP contribution in [0.15, 0.2) is 12.3 Å². The Kier molecular flexibility index (Phi) is 4.22. The third kappa shape index (κ3) is 3.09. The summed E-state index contributed by atoms with van der Waals surface area (Å²) in [6.45, 7) is 8.12. The lowest BCUT2D eigenvalue weighted by Crippen LogP contribution is -2.36. The van der Waals surface area contributed by atoms with Gasteiger partial charge in [0.2, 0.25) is 0 Å². The van der Waals surface area contributed by atoms with Crippen LogP contribution in [0.3, 0.4) is 0 Å². The fraction of sp³-hybridized carbons (Fsp3) is 0.625. The molecular weight excluding hydrogens is 264 g/mol. The number of nitrogens with zero attached hydrogens (tertiary/aromatic N) is 4. The van der Waals surface area contributed by atoms with Crippen LogP contribution >= 0.6 is 0 Å². The van der Waals surface area contributed by atoms with Gasteiger partial charge in [0.1, 0.15) is 0 Å². The molecule has 3 heterocycles. The summed E-state index contributed by atoms with van der Waals surface area (Å²) in [6, 6.07) is 2.24. The Morgan fingerprint density at radius 1 is 1.33 bits per heavy atom. The first-order valence-corrected chi connectivity index (χ1v) is 7.79. The largest absolute Gasteiger partial charge is 0.378 e. The summed E-state index contributed by atoms with van der Waals surface area (Å²) in [5.41, 5.74) is 3.29. The van der Waals surface area contributed by atoms with Gasteiger partial charge in [0.25, 0.3) is 0 Å². The summed E-state index contributed by atoms with van der Waals surface area (Å²) >= 11 is 0. The van der Waals surface area contributed by atoms with E-state index >= 15 is 0 Å². The molecule has 5 heteroatoms. The number of likely N-dealkylation sites (tertiary alicyclic amines) is 1. The molecule has 0 saturated carbocycles. The van der Waals surface area contributed by atoms with Crippen molar-refractivity contribution in [2.24, 2.45) is 7.05 Å². The van der Waals surface area contributed by atoms with Crippen molar-refractivity contribution in [3.05, 3.63) is 23.5 Å². The first-order chi connectivity index (χ1) is 10.2. The van der Waals surface area contributed by atoms with Crippen LogP contribution in [0.5, 0.6) is 0 Å². The predicted molar refractivity (Wildman–Crippen MR) is 83.2 cm³/mol. The van der Waals surface area contributed by atoms with Gasteiger partial charge in [0.15, 0.2) is 5.65 Å². The van der Waals surface area contributed by atoms with Crippen LogP contribution in [0.1, 0.15) is 31.0 Å². The third-order valence-electron chi connectivity index (χ3n) is 4.26. The maximum absolute atomic E-state index is 5.71.